The zero-order valence-electron chi connectivity index (χ0n) is 21.6. The van der Waals surface area contributed by atoms with Crippen LogP contribution in [0.5, 0.6) is 5.88 Å². The number of hydrogen-bond acceptors (Lipinski definition) is 7. The first-order valence-electron chi connectivity index (χ1n) is 11.7. The first kappa shape index (κ1) is 25.0. The molecule has 0 fully saturated rings. The van der Waals surface area contributed by atoms with Crippen LogP contribution in [0.4, 0.5) is 4.79 Å². The Morgan fingerprint density at radius 2 is 1.92 bits per heavy atom. The molecule has 1 atom stereocenters. The number of carbonyl (C=O) groups excluding carboxylic acids is 2. The molecule has 4 heterocycles. The van der Waals surface area contributed by atoms with E-state index in [0.717, 1.165) is 16.8 Å². The van der Waals surface area contributed by atoms with Crippen molar-refractivity contribution in [2.45, 2.75) is 53.2 Å². The number of nitrogens with zero attached hydrogens (tertiary/aromatic N) is 3. The topological polar surface area (TPSA) is 120 Å². The molecule has 1 amide bonds. The summed E-state index contributed by atoms with van der Waals surface area (Å²) in [5.41, 5.74) is 4.01. The van der Waals surface area contributed by atoms with Crippen molar-refractivity contribution in [2.75, 3.05) is 13.7 Å². The SMILES string of the molecule is CCOC(=O)c1cc(OC)n2c(C)c(-c3cc4ccc([C@@H](C)NC(=O)OC(C)(C)C)nc4[nH]3)nc2c1. The summed E-state index contributed by atoms with van der Waals surface area (Å²) >= 11 is 0. The van der Waals surface area contributed by atoms with E-state index < -0.39 is 17.7 Å². The minimum atomic E-state index is -0.582. The first-order chi connectivity index (χ1) is 17.0. The van der Waals surface area contributed by atoms with E-state index in [4.69, 9.17) is 24.2 Å². The minimum absolute atomic E-state index is 0.279. The highest BCUT2D eigenvalue weighted by atomic mass is 16.6. The zero-order chi connectivity index (χ0) is 26.2. The van der Waals surface area contributed by atoms with Gasteiger partial charge in [-0.3, -0.25) is 4.40 Å². The van der Waals surface area contributed by atoms with Crippen molar-refractivity contribution in [3.8, 4) is 17.3 Å². The second-order valence-electron chi connectivity index (χ2n) is 9.47. The Kier molecular flexibility index (Phi) is 6.62. The number of pyridine rings is 2. The van der Waals surface area contributed by atoms with Crippen molar-refractivity contribution in [1.82, 2.24) is 24.7 Å². The lowest BCUT2D eigenvalue weighted by molar-refractivity contribution is 0.0502. The molecule has 0 spiro atoms. The van der Waals surface area contributed by atoms with E-state index in [2.05, 4.69) is 10.3 Å². The van der Waals surface area contributed by atoms with Crippen LogP contribution in [-0.4, -0.2) is 50.7 Å². The standard InChI is InChI=1S/C26H31N5O5/c1-8-35-24(32)17-12-20-30-22(15(3)31(20)21(13-17)34-7)19-11-16-9-10-18(28-23(16)29-19)14(2)27-25(33)36-26(4,5)6/h9-14H,8H2,1-7H3,(H,27,33)(H,28,29)/t14-/m1/s1. The predicted octanol–water partition coefficient (Wildman–Crippen LogP) is 4.96. The van der Waals surface area contributed by atoms with Gasteiger partial charge in [0.2, 0.25) is 0 Å². The average Bonchev–Trinajstić information content (AvgIpc) is 3.37. The van der Waals surface area contributed by atoms with Crippen LogP contribution >= 0.6 is 0 Å². The number of methoxy groups -OCH3 is 1. The molecule has 10 nitrogen and oxygen atoms in total. The number of amides is 1. The second kappa shape index (κ2) is 9.52. The van der Waals surface area contributed by atoms with E-state index in [9.17, 15) is 9.59 Å². The summed E-state index contributed by atoms with van der Waals surface area (Å²) in [6.45, 7) is 11.3. The molecule has 0 aliphatic carbocycles. The fraction of sp³-hybridized carbons (Fsp3) is 0.385. The smallest absolute Gasteiger partial charge is 0.408 e. The molecular formula is C26H31N5O5. The molecule has 4 rings (SSSR count). The normalized spacial score (nSPS) is 12.5. The quantitative estimate of drug-likeness (QED) is 0.364. The summed E-state index contributed by atoms with van der Waals surface area (Å²) in [5, 5.41) is 3.71. The number of rotatable bonds is 6. The van der Waals surface area contributed by atoms with Gasteiger partial charge in [0.25, 0.3) is 0 Å². The summed E-state index contributed by atoms with van der Waals surface area (Å²) in [4.78, 5) is 37.2. The Morgan fingerprint density at radius 1 is 1.17 bits per heavy atom. The Labute approximate surface area is 209 Å². The third-order valence-electron chi connectivity index (χ3n) is 5.57. The molecule has 36 heavy (non-hydrogen) atoms. The molecule has 190 valence electrons. The van der Waals surface area contributed by atoms with Gasteiger partial charge in [-0.25, -0.2) is 19.6 Å². The predicted molar refractivity (Wildman–Crippen MR) is 135 cm³/mol. The highest BCUT2D eigenvalue weighted by molar-refractivity contribution is 5.91. The average molecular weight is 494 g/mol. The van der Waals surface area contributed by atoms with Crippen molar-refractivity contribution in [1.29, 1.82) is 0 Å². The van der Waals surface area contributed by atoms with Gasteiger partial charge in [0.15, 0.2) is 5.88 Å². The van der Waals surface area contributed by atoms with Gasteiger partial charge < -0.3 is 24.5 Å². The van der Waals surface area contributed by atoms with Gasteiger partial charge in [0.1, 0.15) is 22.6 Å². The maximum atomic E-state index is 12.3. The van der Waals surface area contributed by atoms with E-state index in [1.807, 2.05) is 57.2 Å². The van der Waals surface area contributed by atoms with Crippen molar-refractivity contribution in [3.63, 3.8) is 0 Å². The highest BCUT2D eigenvalue weighted by Gasteiger charge is 2.21. The fourth-order valence-electron chi connectivity index (χ4n) is 3.96. The molecule has 0 saturated carbocycles. The molecule has 0 aromatic carbocycles. The molecule has 0 unspecified atom stereocenters. The van der Waals surface area contributed by atoms with Crippen LogP contribution in [0.2, 0.25) is 0 Å². The van der Waals surface area contributed by atoms with Crippen molar-refractivity contribution in [2.24, 2.45) is 0 Å². The maximum absolute atomic E-state index is 12.3. The van der Waals surface area contributed by atoms with Crippen LogP contribution in [0.15, 0.2) is 30.3 Å². The lowest BCUT2D eigenvalue weighted by Crippen LogP contribution is -2.34. The van der Waals surface area contributed by atoms with Crippen LogP contribution in [0, 0.1) is 6.92 Å². The van der Waals surface area contributed by atoms with E-state index >= 15 is 0 Å². The summed E-state index contributed by atoms with van der Waals surface area (Å²) in [7, 11) is 1.55. The number of fused-ring (bicyclic) bond motifs is 2. The summed E-state index contributed by atoms with van der Waals surface area (Å²) < 4.78 is 17.9. The summed E-state index contributed by atoms with van der Waals surface area (Å²) in [6, 6.07) is 8.74. The molecule has 10 heteroatoms. The molecule has 0 bridgehead atoms. The first-order valence-corrected chi connectivity index (χ1v) is 11.7. The van der Waals surface area contributed by atoms with E-state index in [1.165, 1.54) is 0 Å². The number of carbonyl (C=O) groups is 2. The van der Waals surface area contributed by atoms with Crippen LogP contribution < -0.4 is 10.1 Å². The largest absolute Gasteiger partial charge is 0.482 e. The van der Waals surface area contributed by atoms with Gasteiger partial charge in [0, 0.05) is 11.5 Å². The van der Waals surface area contributed by atoms with Gasteiger partial charge >= 0.3 is 12.1 Å². The second-order valence-corrected chi connectivity index (χ2v) is 9.47. The van der Waals surface area contributed by atoms with Gasteiger partial charge in [-0.2, -0.15) is 0 Å². The van der Waals surface area contributed by atoms with Crippen molar-refractivity contribution < 1.29 is 23.8 Å². The summed E-state index contributed by atoms with van der Waals surface area (Å²) in [5.74, 6) is 0.0438. The number of alkyl carbamates (subject to hydrolysis) is 1. The zero-order valence-corrected chi connectivity index (χ0v) is 21.6. The molecule has 4 aromatic rings. The molecule has 0 saturated heterocycles. The monoisotopic (exact) mass is 493 g/mol. The van der Waals surface area contributed by atoms with Crippen LogP contribution in [0.25, 0.3) is 28.1 Å². The van der Waals surface area contributed by atoms with Gasteiger partial charge in [-0.15, -0.1) is 0 Å². The number of H-pyrrole nitrogens is 1. The summed E-state index contributed by atoms with van der Waals surface area (Å²) in [6.07, 6.45) is -0.500. The van der Waals surface area contributed by atoms with Crippen LogP contribution in [0.3, 0.4) is 0 Å². The van der Waals surface area contributed by atoms with Gasteiger partial charge in [-0.05, 0) is 65.8 Å². The molecule has 2 N–H and O–H groups in total. The minimum Gasteiger partial charge on any atom is -0.482 e. The number of aromatic nitrogens is 4. The molecule has 4 aromatic heterocycles. The fourth-order valence-corrected chi connectivity index (χ4v) is 3.96. The molecule has 0 aliphatic heterocycles. The van der Waals surface area contributed by atoms with Crippen LogP contribution in [0.1, 0.15) is 62.4 Å². The Bertz CT molecular complexity index is 1450. The third-order valence-corrected chi connectivity index (χ3v) is 5.57. The lowest BCUT2D eigenvalue weighted by atomic mass is 10.2. The Hall–Kier alpha value is -4.08. The number of esters is 1. The lowest BCUT2D eigenvalue weighted by Gasteiger charge is -2.21. The number of hydrogen-bond donors (Lipinski definition) is 2. The highest BCUT2D eigenvalue weighted by Crippen LogP contribution is 2.30. The maximum Gasteiger partial charge on any atom is 0.408 e. The Morgan fingerprint density at radius 3 is 2.58 bits per heavy atom. The number of nitrogens with one attached hydrogen (secondary N) is 2. The van der Waals surface area contributed by atoms with Crippen molar-refractivity contribution in [3.05, 3.63) is 47.3 Å². The van der Waals surface area contributed by atoms with Crippen LogP contribution in [-0.2, 0) is 9.47 Å². The van der Waals surface area contributed by atoms with E-state index in [0.29, 0.717) is 34.1 Å². The number of imidazole rings is 1. The van der Waals surface area contributed by atoms with Gasteiger partial charge in [-0.1, -0.05) is 0 Å². The molecule has 0 aliphatic rings. The number of aryl methyl sites for hydroxylation is 1. The third kappa shape index (κ3) is 4.98. The van der Waals surface area contributed by atoms with Gasteiger partial charge in [0.05, 0.1) is 42.4 Å². The van der Waals surface area contributed by atoms with E-state index in [1.54, 1.807) is 26.2 Å². The Balaban J connectivity index is 1.68. The number of aromatic amines is 1. The van der Waals surface area contributed by atoms with Crippen molar-refractivity contribution >= 4 is 28.7 Å². The van der Waals surface area contributed by atoms with E-state index in [-0.39, 0.29) is 12.6 Å². The number of ether oxygens (including phenoxy) is 3. The molecular weight excluding hydrogens is 462 g/mol. The molecule has 0 radical (unpaired) electrons.